The van der Waals surface area contributed by atoms with E-state index in [1.165, 1.54) is 5.56 Å². The fourth-order valence-corrected chi connectivity index (χ4v) is 2.61. The number of carbonyl (C=O) groups excluding carboxylic acids is 1. The Morgan fingerprint density at radius 2 is 1.71 bits per heavy atom. The molecule has 0 heterocycles. The third-order valence-electron chi connectivity index (χ3n) is 3.89. The van der Waals surface area contributed by atoms with E-state index in [9.17, 15) is 4.79 Å². The van der Waals surface area contributed by atoms with Gasteiger partial charge in [0.2, 0.25) is 0 Å². The van der Waals surface area contributed by atoms with Gasteiger partial charge in [0.25, 0.3) is 0 Å². The zero-order valence-corrected chi connectivity index (χ0v) is 15.1. The van der Waals surface area contributed by atoms with E-state index in [1.807, 2.05) is 71.0 Å². The molecular weight excluding hydrogens is 300 g/mol. The van der Waals surface area contributed by atoms with Crippen LogP contribution >= 0.6 is 0 Å². The highest BCUT2D eigenvalue weighted by atomic mass is 16.5. The Morgan fingerprint density at radius 3 is 2.33 bits per heavy atom. The summed E-state index contributed by atoms with van der Waals surface area (Å²) in [6.07, 6.45) is 0. The molecule has 1 atom stereocenters. The molecule has 4 heteroatoms. The number of rotatable bonds is 5. The van der Waals surface area contributed by atoms with Crippen LogP contribution in [-0.2, 0) is 0 Å². The van der Waals surface area contributed by atoms with Gasteiger partial charge < -0.3 is 15.4 Å². The monoisotopic (exact) mass is 326 g/mol. The molecule has 2 aromatic carbocycles. The zero-order chi connectivity index (χ0) is 17.7. The van der Waals surface area contributed by atoms with E-state index in [0.717, 1.165) is 28.1 Å². The molecule has 128 valence electrons. The first kappa shape index (κ1) is 17.9. The van der Waals surface area contributed by atoms with Gasteiger partial charge in [-0.05, 0) is 57.4 Å². The van der Waals surface area contributed by atoms with Crippen LogP contribution in [0.3, 0.4) is 0 Å². The van der Waals surface area contributed by atoms with Crippen LogP contribution in [0.4, 0.5) is 10.5 Å². The zero-order valence-electron chi connectivity index (χ0n) is 15.1. The molecule has 0 aliphatic rings. The predicted molar refractivity (Wildman–Crippen MR) is 98.9 cm³/mol. The second-order valence-electron chi connectivity index (χ2n) is 6.35. The molecular formula is C20H26N2O2. The maximum atomic E-state index is 12.1. The van der Waals surface area contributed by atoms with Gasteiger partial charge in [-0.15, -0.1) is 0 Å². The lowest BCUT2D eigenvalue weighted by Crippen LogP contribution is -2.39. The van der Waals surface area contributed by atoms with Gasteiger partial charge in [-0.3, -0.25) is 0 Å². The predicted octanol–water partition coefficient (Wildman–Crippen LogP) is 4.51. The number of anilines is 1. The van der Waals surface area contributed by atoms with Crippen molar-refractivity contribution < 1.29 is 9.53 Å². The number of amides is 2. The first-order valence-electron chi connectivity index (χ1n) is 8.20. The van der Waals surface area contributed by atoms with Gasteiger partial charge in [0.1, 0.15) is 12.4 Å². The average Bonchev–Trinajstić information content (AvgIpc) is 2.49. The number of hydrogen-bond acceptors (Lipinski definition) is 2. The summed E-state index contributed by atoms with van der Waals surface area (Å²) in [5.41, 5.74) is 5.24. The molecule has 0 aliphatic carbocycles. The molecule has 24 heavy (non-hydrogen) atoms. The van der Waals surface area contributed by atoms with Gasteiger partial charge in [-0.1, -0.05) is 35.9 Å². The topological polar surface area (TPSA) is 50.4 Å². The van der Waals surface area contributed by atoms with Crippen LogP contribution in [-0.4, -0.2) is 18.7 Å². The molecule has 0 aromatic heterocycles. The summed E-state index contributed by atoms with van der Waals surface area (Å²) < 4.78 is 5.88. The lowest BCUT2D eigenvalue weighted by molar-refractivity contribution is 0.236. The van der Waals surface area contributed by atoms with Gasteiger partial charge in [0.05, 0.1) is 6.04 Å². The van der Waals surface area contributed by atoms with Crippen LogP contribution < -0.4 is 15.4 Å². The largest absolute Gasteiger partial charge is 0.491 e. The quantitative estimate of drug-likeness (QED) is 0.849. The molecule has 0 bridgehead atoms. The van der Waals surface area contributed by atoms with E-state index in [0.29, 0.717) is 6.61 Å². The van der Waals surface area contributed by atoms with Crippen molar-refractivity contribution in [3.63, 3.8) is 0 Å². The number of aryl methyl sites for hydroxylation is 4. The Bertz CT molecular complexity index is 705. The number of carbonyl (C=O) groups is 1. The number of benzene rings is 2. The Labute approximate surface area is 144 Å². The Kier molecular flexibility index (Phi) is 5.85. The van der Waals surface area contributed by atoms with Gasteiger partial charge in [-0.2, -0.15) is 0 Å². The fraction of sp³-hybridized carbons (Fsp3) is 0.350. The van der Waals surface area contributed by atoms with Crippen molar-refractivity contribution >= 4 is 11.7 Å². The molecule has 1 unspecified atom stereocenters. The molecule has 0 saturated heterocycles. The van der Waals surface area contributed by atoms with Crippen molar-refractivity contribution in [3.05, 3.63) is 58.7 Å². The van der Waals surface area contributed by atoms with Crippen molar-refractivity contribution in [1.29, 1.82) is 0 Å². The number of para-hydroxylation sites is 1. The summed E-state index contributed by atoms with van der Waals surface area (Å²) in [5.74, 6) is 0.890. The summed E-state index contributed by atoms with van der Waals surface area (Å²) in [6, 6.07) is 11.7. The molecule has 4 nitrogen and oxygen atoms in total. The maximum Gasteiger partial charge on any atom is 0.319 e. The van der Waals surface area contributed by atoms with Gasteiger partial charge in [0, 0.05) is 5.69 Å². The Morgan fingerprint density at radius 1 is 1.04 bits per heavy atom. The van der Waals surface area contributed by atoms with Crippen LogP contribution in [0.1, 0.15) is 29.2 Å². The normalized spacial score (nSPS) is 11.7. The lowest BCUT2D eigenvalue weighted by atomic mass is 10.1. The Balaban J connectivity index is 1.87. The number of urea groups is 1. The number of ether oxygens (including phenoxy) is 1. The molecule has 0 saturated carbocycles. The molecule has 0 fully saturated rings. The number of nitrogens with one attached hydrogen (secondary N) is 2. The van der Waals surface area contributed by atoms with Crippen LogP contribution in [0, 0.1) is 27.7 Å². The third-order valence-corrected chi connectivity index (χ3v) is 3.89. The van der Waals surface area contributed by atoms with E-state index in [1.54, 1.807) is 0 Å². The van der Waals surface area contributed by atoms with Gasteiger partial charge in [0.15, 0.2) is 0 Å². The highest BCUT2D eigenvalue weighted by Gasteiger charge is 2.11. The first-order valence-corrected chi connectivity index (χ1v) is 8.20. The minimum absolute atomic E-state index is 0.102. The van der Waals surface area contributed by atoms with Crippen molar-refractivity contribution in [2.45, 2.75) is 40.7 Å². The van der Waals surface area contributed by atoms with E-state index in [4.69, 9.17) is 4.74 Å². The smallest absolute Gasteiger partial charge is 0.319 e. The second kappa shape index (κ2) is 7.86. The minimum Gasteiger partial charge on any atom is -0.491 e. The average molecular weight is 326 g/mol. The molecule has 2 N–H and O–H groups in total. The van der Waals surface area contributed by atoms with Crippen LogP contribution in [0.2, 0.25) is 0 Å². The molecule has 2 amide bonds. The molecule has 2 aromatic rings. The first-order chi connectivity index (χ1) is 11.4. The van der Waals surface area contributed by atoms with Crippen LogP contribution in [0.15, 0.2) is 36.4 Å². The summed E-state index contributed by atoms with van der Waals surface area (Å²) in [7, 11) is 0. The van der Waals surface area contributed by atoms with Crippen LogP contribution in [0.5, 0.6) is 5.75 Å². The summed E-state index contributed by atoms with van der Waals surface area (Å²) >= 11 is 0. The molecule has 0 spiro atoms. The van der Waals surface area contributed by atoms with Crippen molar-refractivity contribution in [2.75, 3.05) is 11.9 Å². The molecule has 0 aliphatic heterocycles. The fourth-order valence-electron chi connectivity index (χ4n) is 2.61. The summed E-state index contributed by atoms with van der Waals surface area (Å²) in [5, 5.41) is 5.79. The van der Waals surface area contributed by atoms with Gasteiger partial charge in [-0.25, -0.2) is 4.79 Å². The van der Waals surface area contributed by atoms with Crippen molar-refractivity contribution in [1.82, 2.24) is 5.32 Å². The minimum atomic E-state index is -0.223. The summed E-state index contributed by atoms with van der Waals surface area (Å²) in [6.45, 7) is 10.4. The highest BCUT2D eigenvalue weighted by Crippen LogP contribution is 2.22. The van der Waals surface area contributed by atoms with E-state index < -0.39 is 0 Å². The third kappa shape index (κ3) is 4.75. The highest BCUT2D eigenvalue weighted by molar-refractivity contribution is 5.90. The maximum absolute atomic E-state index is 12.1. The number of hydrogen-bond donors (Lipinski definition) is 2. The second-order valence-corrected chi connectivity index (χ2v) is 6.35. The van der Waals surface area contributed by atoms with Gasteiger partial charge >= 0.3 is 6.03 Å². The summed E-state index contributed by atoms with van der Waals surface area (Å²) in [4.78, 5) is 12.1. The van der Waals surface area contributed by atoms with Crippen molar-refractivity contribution in [2.24, 2.45) is 0 Å². The Hall–Kier alpha value is -2.49. The van der Waals surface area contributed by atoms with Crippen LogP contribution in [0.25, 0.3) is 0 Å². The van der Waals surface area contributed by atoms with E-state index >= 15 is 0 Å². The van der Waals surface area contributed by atoms with Crippen molar-refractivity contribution in [3.8, 4) is 5.75 Å². The standard InChI is InChI=1S/C20H26N2O2/c1-13-9-10-18(16(4)11-13)22-20(23)21-17(5)12-24-19-14(2)7-6-8-15(19)3/h6-11,17H,12H2,1-5H3,(H2,21,22,23). The molecule has 2 rings (SSSR count). The lowest BCUT2D eigenvalue weighted by Gasteiger charge is -2.18. The van der Waals surface area contributed by atoms with E-state index in [2.05, 4.69) is 10.6 Å². The SMILES string of the molecule is Cc1ccc(NC(=O)NC(C)COc2c(C)cccc2C)c(C)c1. The molecule has 0 radical (unpaired) electrons. The van der Waals surface area contributed by atoms with E-state index in [-0.39, 0.29) is 12.1 Å².